The molecule has 7 heteroatoms. The molecular formula is C22H25F2N3O2. The number of hydrogen-bond donors (Lipinski definition) is 1. The lowest BCUT2D eigenvalue weighted by Crippen LogP contribution is -2.40. The number of hydrogen-bond acceptors (Lipinski definition) is 3. The second-order valence-corrected chi connectivity index (χ2v) is 7.25. The number of aryl methyl sites for hydroxylation is 1. The first-order valence-electron chi connectivity index (χ1n) is 9.85. The summed E-state index contributed by atoms with van der Waals surface area (Å²) in [5.74, 6) is -0.849. The van der Waals surface area contributed by atoms with Crippen LogP contribution in [0.3, 0.4) is 0 Å². The molecule has 0 unspecified atom stereocenters. The molecule has 29 heavy (non-hydrogen) atoms. The maximum atomic E-state index is 13.7. The number of amides is 2. The van der Waals surface area contributed by atoms with Crippen LogP contribution in [0.25, 0.3) is 0 Å². The van der Waals surface area contributed by atoms with Crippen molar-refractivity contribution in [2.24, 2.45) is 0 Å². The van der Waals surface area contributed by atoms with Gasteiger partial charge in [0.1, 0.15) is 5.82 Å². The molecule has 0 spiro atoms. The lowest BCUT2D eigenvalue weighted by atomic mass is 9.94. The number of carbonyl (C=O) groups is 2. The molecule has 1 aromatic carbocycles. The third-order valence-corrected chi connectivity index (χ3v) is 5.15. The first-order chi connectivity index (χ1) is 14.1. The summed E-state index contributed by atoms with van der Waals surface area (Å²) in [4.78, 5) is 30.8. The lowest BCUT2D eigenvalue weighted by Gasteiger charge is -2.20. The van der Waals surface area contributed by atoms with Gasteiger partial charge in [0.2, 0.25) is 11.8 Å². The molecule has 1 N–H and O–H groups in total. The van der Waals surface area contributed by atoms with Crippen LogP contribution in [0.1, 0.15) is 36.4 Å². The number of alkyl halides is 1. The van der Waals surface area contributed by atoms with E-state index in [9.17, 15) is 18.4 Å². The van der Waals surface area contributed by atoms with Gasteiger partial charge in [0, 0.05) is 43.7 Å². The average molecular weight is 401 g/mol. The molecule has 5 nitrogen and oxygen atoms in total. The molecule has 154 valence electrons. The Kier molecular flexibility index (Phi) is 7.27. The number of nitrogens with zero attached hydrogens (tertiary/aromatic N) is 2. The van der Waals surface area contributed by atoms with Crippen molar-refractivity contribution < 1.29 is 18.4 Å². The van der Waals surface area contributed by atoms with Crippen molar-refractivity contribution in [3.8, 4) is 0 Å². The first-order valence-corrected chi connectivity index (χ1v) is 9.85. The van der Waals surface area contributed by atoms with Crippen LogP contribution >= 0.6 is 0 Å². The largest absolute Gasteiger partial charge is 0.351 e. The van der Waals surface area contributed by atoms with E-state index >= 15 is 0 Å². The highest BCUT2D eigenvalue weighted by molar-refractivity contribution is 5.78. The summed E-state index contributed by atoms with van der Waals surface area (Å²) in [6, 6.07) is 11.5. The highest BCUT2D eigenvalue weighted by atomic mass is 19.1. The van der Waals surface area contributed by atoms with Gasteiger partial charge in [0.15, 0.2) is 0 Å². The summed E-state index contributed by atoms with van der Waals surface area (Å²) in [6.45, 7) is 0.200. The third kappa shape index (κ3) is 5.82. The van der Waals surface area contributed by atoms with E-state index in [4.69, 9.17) is 0 Å². The van der Waals surface area contributed by atoms with Crippen LogP contribution in [-0.2, 0) is 16.0 Å². The Morgan fingerprint density at radius 1 is 1.14 bits per heavy atom. The molecule has 0 saturated carbocycles. The number of likely N-dealkylation sites (tertiary alicyclic amines) is 1. The smallest absolute Gasteiger partial charge is 0.223 e. The normalized spacial score (nSPS) is 18.6. The monoisotopic (exact) mass is 401 g/mol. The van der Waals surface area contributed by atoms with Crippen LogP contribution in [0, 0.1) is 5.82 Å². The van der Waals surface area contributed by atoms with Crippen LogP contribution in [0.15, 0.2) is 48.7 Å². The van der Waals surface area contributed by atoms with E-state index in [-0.39, 0.29) is 42.4 Å². The predicted molar refractivity (Wildman–Crippen MR) is 105 cm³/mol. The van der Waals surface area contributed by atoms with Crippen molar-refractivity contribution >= 4 is 11.8 Å². The van der Waals surface area contributed by atoms with Gasteiger partial charge in [-0.25, -0.2) is 4.39 Å². The molecule has 1 aromatic heterocycles. The third-order valence-electron chi connectivity index (χ3n) is 5.15. The second kappa shape index (κ2) is 10.1. The number of halogens is 2. The van der Waals surface area contributed by atoms with E-state index < -0.39 is 6.67 Å². The number of aromatic nitrogens is 1. The van der Waals surface area contributed by atoms with Gasteiger partial charge >= 0.3 is 0 Å². The zero-order valence-corrected chi connectivity index (χ0v) is 16.2. The topological polar surface area (TPSA) is 62.3 Å². The van der Waals surface area contributed by atoms with Gasteiger partial charge in [-0.3, -0.25) is 19.0 Å². The Hall–Kier alpha value is -2.83. The SMILES string of the molecule is O=C(CCCF)N[C@@H]1CN(C(=O)CCc2ccccn2)C[C@H]1c1cccc(F)c1. The molecule has 0 aliphatic carbocycles. The average Bonchev–Trinajstić information content (AvgIpc) is 3.15. The van der Waals surface area contributed by atoms with E-state index in [2.05, 4.69) is 10.3 Å². The maximum Gasteiger partial charge on any atom is 0.223 e. The van der Waals surface area contributed by atoms with E-state index in [1.165, 1.54) is 12.1 Å². The Balaban J connectivity index is 1.68. The van der Waals surface area contributed by atoms with Gasteiger partial charge in [-0.15, -0.1) is 0 Å². The first kappa shape index (κ1) is 20.9. The van der Waals surface area contributed by atoms with Crippen LogP contribution in [0.2, 0.25) is 0 Å². The molecule has 2 amide bonds. The van der Waals surface area contributed by atoms with Gasteiger partial charge in [0.25, 0.3) is 0 Å². The molecule has 2 heterocycles. The van der Waals surface area contributed by atoms with Crippen molar-refractivity contribution in [3.05, 3.63) is 65.7 Å². The second-order valence-electron chi connectivity index (χ2n) is 7.25. The summed E-state index contributed by atoms with van der Waals surface area (Å²) in [7, 11) is 0. The van der Waals surface area contributed by atoms with Crippen molar-refractivity contribution in [1.82, 2.24) is 15.2 Å². The number of benzene rings is 1. The molecule has 3 rings (SSSR count). The summed E-state index contributed by atoms with van der Waals surface area (Å²) in [6.07, 6.45) is 2.80. The summed E-state index contributed by atoms with van der Waals surface area (Å²) < 4.78 is 26.1. The van der Waals surface area contributed by atoms with Crippen LogP contribution in [0.4, 0.5) is 8.78 Å². The molecular weight excluding hydrogens is 376 g/mol. The van der Waals surface area contributed by atoms with Gasteiger partial charge < -0.3 is 10.2 Å². The number of carbonyl (C=O) groups excluding carboxylic acids is 2. The van der Waals surface area contributed by atoms with Gasteiger partial charge in [-0.05, 0) is 42.7 Å². The maximum absolute atomic E-state index is 13.7. The molecule has 1 fully saturated rings. The molecule has 0 radical (unpaired) electrons. The number of nitrogens with one attached hydrogen (secondary N) is 1. The van der Waals surface area contributed by atoms with Crippen LogP contribution in [-0.4, -0.2) is 47.5 Å². The van der Waals surface area contributed by atoms with Gasteiger partial charge in [-0.1, -0.05) is 18.2 Å². The van der Waals surface area contributed by atoms with Crippen molar-refractivity contribution in [3.63, 3.8) is 0 Å². The summed E-state index contributed by atoms with van der Waals surface area (Å²) in [5.41, 5.74) is 1.58. The summed E-state index contributed by atoms with van der Waals surface area (Å²) in [5, 5.41) is 2.91. The highest BCUT2D eigenvalue weighted by Crippen LogP contribution is 2.29. The van der Waals surface area contributed by atoms with Crippen LogP contribution < -0.4 is 5.32 Å². The fourth-order valence-corrected chi connectivity index (χ4v) is 3.67. The van der Waals surface area contributed by atoms with Crippen molar-refractivity contribution in [2.45, 2.75) is 37.6 Å². The highest BCUT2D eigenvalue weighted by Gasteiger charge is 2.36. The van der Waals surface area contributed by atoms with Gasteiger partial charge in [-0.2, -0.15) is 0 Å². The fraction of sp³-hybridized carbons (Fsp3) is 0.409. The van der Waals surface area contributed by atoms with E-state index in [1.807, 2.05) is 18.2 Å². The Labute approximate surface area is 169 Å². The van der Waals surface area contributed by atoms with Gasteiger partial charge in [0.05, 0.1) is 12.7 Å². The molecule has 2 atom stereocenters. The number of rotatable bonds is 8. The summed E-state index contributed by atoms with van der Waals surface area (Å²) >= 11 is 0. The Bertz CT molecular complexity index is 832. The Morgan fingerprint density at radius 2 is 2.00 bits per heavy atom. The van der Waals surface area contributed by atoms with E-state index in [0.717, 1.165) is 11.3 Å². The van der Waals surface area contributed by atoms with Crippen molar-refractivity contribution in [2.75, 3.05) is 19.8 Å². The standard InChI is InChI=1S/C22H25F2N3O2/c23-11-4-8-21(28)26-20-15-27(14-19(20)16-5-3-6-17(24)13-16)22(29)10-9-18-7-1-2-12-25-18/h1-3,5-7,12-13,19-20H,4,8-11,14-15H2,(H,26,28)/t19-,20+/m0/s1. The van der Waals surface area contributed by atoms with Crippen LogP contribution in [0.5, 0.6) is 0 Å². The quantitative estimate of drug-likeness (QED) is 0.740. The fourth-order valence-electron chi connectivity index (χ4n) is 3.67. The minimum absolute atomic E-state index is 0.0300. The van der Waals surface area contributed by atoms with Crippen molar-refractivity contribution in [1.29, 1.82) is 0 Å². The lowest BCUT2D eigenvalue weighted by molar-refractivity contribution is -0.130. The zero-order chi connectivity index (χ0) is 20.6. The number of pyridine rings is 1. The molecule has 0 bridgehead atoms. The minimum atomic E-state index is -0.552. The molecule has 1 saturated heterocycles. The molecule has 1 aliphatic rings. The predicted octanol–water partition coefficient (Wildman–Crippen LogP) is 3.01. The zero-order valence-electron chi connectivity index (χ0n) is 16.2. The minimum Gasteiger partial charge on any atom is -0.351 e. The van der Waals surface area contributed by atoms with E-state index in [1.54, 1.807) is 23.2 Å². The molecule has 2 aromatic rings. The molecule has 1 aliphatic heterocycles. The Morgan fingerprint density at radius 3 is 2.72 bits per heavy atom. The van der Waals surface area contributed by atoms with E-state index in [0.29, 0.717) is 25.9 Å².